The van der Waals surface area contributed by atoms with E-state index >= 15 is 0 Å². The lowest BCUT2D eigenvalue weighted by Crippen LogP contribution is -2.32. The smallest absolute Gasteiger partial charge is 0.175 e. The Kier molecular flexibility index (Phi) is 5.00. The minimum absolute atomic E-state index is 0.198. The number of rotatable bonds is 3. The fourth-order valence-electron chi connectivity index (χ4n) is 2.14. The van der Waals surface area contributed by atoms with E-state index in [2.05, 4.69) is 20.0 Å². The molecule has 100 valence electrons. The molecule has 7 heteroatoms. The number of β-amino-alcohol motifs (C(OH)–C–C–N with tert-alkyl or cyclic N) is 1. The second kappa shape index (κ2) is 6.52. The van der Waals surface area contributed by atoms with Gasteiger partial charge in [0.1, 0.15) is 0 Å². The molecule has 0 saturated carbocycles. The average Bonchev–Trinajstić information content (AvgIpc) is 2.58. The highest BCUT2D eigenvalue weighted by molar-refractivity contribution is 6.33. The molecule has 1 aliphatic heterocycles. The zero-order chi connectivity index (χ0) is 13.0. The van der Waals surface area contributed by atoms with Crippen LogP contribution < -0.4 is 4.90 Å². The molecule has 0 bridgehead atoms. The summed E-state index contributed by atoms with van der Waals surface area (Å²) in [6, 6.07) is 1.75. The molecule has 0 atom stereocenters. The fraction of sp³-hybridized carbons (Fsp3) is 0.636. The molecule has 1 saturated heterocycles. The molecule has 0 aliphatic carbocycles. The SMILES string of the molecule is OCCN1CCCN(c2cc(Cl)nnc2Cl)CC1. The van der Waals surface area contributed by atoms with Gasteiger partial charge in [-0.15, -0.1) is 10.2 Å². The van der Waals surface area contributed by atoms with E-state index in [1.807, 2.05) is 0 Å². The van der Waals surface area contributed by atoms with Crippen molar-refractivity contribution in [1.82, 2.24) is 15.1 Å². The summed E-state index contributed by atoms with van der Waals surface area (Å²) in [5, 5.41) is 17.2. The lowest BCUT2D eigenvalue weighted by Gasteiger charge is -2.23. The molecule has 1 aliphatic rings. The Morgan fingerprint density at radius 3 is 2.78 bits per heavy atom. The Labute approximate surface area is 116 Å². The second-order valence-electron chi connectivity index (χ2n) is 4.25. The predicted octanol–water partition coefficient (Wildman–Crippen LogP) is 1.29. The molecule has 0 radical (unpaired) electrons. The summed E-state index contributed by atoms with van der Waals surface area (Å²) in [5.74, 6) is 0. The number of halogens is 2. The van der Waals surface area contributed by atoms with Crippen LogP contribution in [0.4, 0.5) is 5.69 Å². The summed E-state index contributed by atoms with van der Waals surface area (Å²) in [5.41, 5.74) is 0.836. The molecular weight excluding hydrogens is 275 g/mol. The molecule has 2 rings (SSSR count). The highest BCUT2D eigenvalue weighted by Crippen LogP contribution is 2.26. The largest absolute Gasteiger partial charge is 0.395 e. The van der Waals surface area contributed by atoms with E-state index < -0.39 is 0 Å². The summed E-state index contributed by atoms with van der Waals surface area (Å²) < 4.78 is 0. The molecular formula is C11H16Cl2N4O. The standard InChI is InChI=1S/C11H16Cl2N4O/c12-10-8-9(11(13)15-14-10)17-3-1-2-16(4-5-17)6-7-18/h8,18H,1-7H2. The van der Waals surface area contributed by atoms with Gasteiger partial charge in [0.25, 0.3) is 0 Å². The van der Waals surface area contributed by atoms with Gasteiger partial charge in [0.05, 0.1) is 12.3 Å². The van der Waals surface area contributed by atoms with Crippen LogP contribution in [0.3, 0.4) is 0 Å². The molecule has 1 N–H and O–H groups in total. The first kappa shape index (κ1) is 13.8. The van der Waals surface area contributed by atoms with E-state index in [0.717, 1.165) is 44.8 Å². The van der Waals surface area contributed by atoms with Crippen molar-refractivity contribution in [2.24, 2.45) is 0 Å². The van der Waals surface area contributed by atoms with Crippen LogP contribution >= 0.6 is 23.2 Å². The molecule has 1 aromatic rings. The van der Waals surface area contributed by atoms with Crippen molar-refractivity contribution in [3.8, 4) is 0 Å². The monoisotopic (exact) mass is 290 g/mol. The summed E-state index contributed by atoms with van der Waals surface area (Å²) in [7, 11) is 0. The number of aliphatic hydroxyl groups excluding tert-OH is 1. The summed E-state index contributed by atoms with van der Waals surface area (Å²) in [6.45, 7) is 4.56. The van der Waals surface area contributed by atoms with Crippen LogP contribution in [-0.2, 0) is 0 Å². The van der Waals surface area contributed by atoms with Gasteiger partial charge in [-0.25, -0.2) is 0 Å². The molecule has 0 aromatic carbocycles. The predicted molar refractivity (Wildman–Crippen MR) is 72.4 cm³/mol. The first-order chi connectivity index (χ1) is 8.70. The maximum absolute atomic E-state index is 8.96. The number of aliphatic hydroxyl groups is 1. The Balaban J connectivity index is 2.07. The molecule has 0 amide bonds. The summed E-state index contributed by atoms with van der Waals surface area (Å²) >= 11 is 11.9. The molecule has 18 heavy (non-hydrogen) atoms. The first-order valence-electron chi connectivity index (χ1n) is 5.97. The zero-order valence-corrected chi connectivity index (χ0v) is 11.5. The molecule has 2 heterocycles. The number of anilines is 1. The summed E-state index contributed by atoms with van der Waals surface area (Å²) in [6.07, 6.45) is 1.02. The molecule has 5 nitrogen and oxygen atoms in total. The summed E-state index contributed by atoms with van der Waals surface area (Å²) in [4.78, 5) is 4.41. The quantitative estimate of drug-likeness (QED) is 0.909. The van der Waals surface area contributed by atoms with Crippen LogP contribution in [-0.4, -0.2) is 59.5 Å². The van der Waals surface area contributed by atoms with Gasteiger partial charge in [0.15, 0.2) is 10.3 Å². The molecule has 0 unspecified atom stereocenters. The maximum atomic E-state index is 8.96. The van der Waals surface area contributed by atoms with Crippen LogP contribution in [0.2, 0.25) is 10.3 Å². The van der Waals surface area contributed by atoms with Gasteiger partial charge in [-0.05, 0) is 13.0 Å². The second-order valence-corrected chi connectivity index (χ2v) is 4.99. The van der Waals surface area contributed by atoms with Gasteiger partial charge < -0.3 is 10.0 Å². The third-order valence-electron chi connectivity index (χ3n) is 3.05. The number of hydrogen-bond acceptors (Lipinski definition) is 5. The lowest BCUT2D eigenvalue weighted by atomic mass is 10.3. The fourth-order valence-corrected chi connectivity index (χ4v) is 2.50. The normalized spacial score (nSPS) is 17.8. The zero-order valence-electron chi connectivity index (χ0n) is 10.0. The van der Waals surface area contributed by atoms with Crippen molar-refractivity contribution in [2.45, 2.75) is 6.42 Å². The van der Waals surface area contributed by atoms with Crippen LogP contribution in [0, 0.1) is 0 Å². The van der Waals surface area contributed by atoms with Crippen molar-refractivity contribution in [3.63, 3.8) is 0 Å². The van der Waals surface area contributed by atoms with E-state index in [9.17, 15) is 0 Å². The van der Waals surface area contributed by atoms with Crippen molar-refractivity contribution in [1.29, 1.82) is 0 Å². The van der Waals surface area contributed by atoms with Crippen molar-refractivity contribution >= 4 is 28.9 Å². The van der Waals surface area contributed by atoms with Crippen LogP contribution in [0.25, 0.3) is 0 Å². The maximum Gasteiger partial charge on any atom is 0.175 e. The average molecular weight is 291 g/mol. The van der Waals surface area contributed by atoms with E-state index in [1.54, 1.807) is 6.07 Å². The van der Waals surface area contributed by atoms with Gasteiger partial charge in [0.2, 0.25) is 0 Å². The third kappa shape index (κ3) is 3.45. The number of nitrogens with zero attached hydrogens (tertiary/aromatic N) is 4. The Bertz CT molecular complexity index is 405. The minimum atomic E-state index is 0.198. The highest BCUT2D eigenvalue weighted by atomic mass is 35.5. The van der Waals surface area contributed by atoms with E-state index in [-0.39, 0.29) is 6.61 Å². The third-order valence-corrected chi connectivity index (χ3v) is 3.50. The van der Waals surface area contributed by atoms with E-state index in [4.69, 9.17) is 28.3 Å². The topological polar surface area (TPSA) is 52.5 Å². The van der Waals surface area contributed by atoms with Gasteiger partial charge in [-0.3, -0.25) is 4.90 Å². The highest BCUT2D eigenvalue weighted by Gasteiger charge is 2.17. The van der Waals surface area contributed by atoms with Gasteiger partial charge in [0, 0.05) is 32.2 Å². The molecule has 1 fully saturated rings. The van der Waals surface area contributed by atoms with Gasteiger partial charge in [-0.1, -0.05) is 23.2 Å². The van der Waals surface area contributed by atoms with Crippen LogP contribution in [0.5, 0.6) is 0 Å². The van der Waals surface area contributed by atoms with E-state index in [1.165, 1.54) is 0 Å². The Hall–Kier alpha value is -0.620. The molecule has 1 aromatic heterocycles. The molecule has 0 spiro atoms. The van der Waals surface area contributed by atoms with E-state index in [0.29, 0.717) is 10.3 Å². The van der Waals surface area contributed by atoms with Crippen molar-refractivity contribution in [3.05, 3.63) is 16.4 Å². The Morgan fingerprint density at radius 2 is 2.00 bits per heavy atom. The van der Waals surface area contributed by atoms with Crippen LogP contribution in [0.15, 0.2) is 6.07 Å². The minimum Gasteiger partial charge on any atom is -0.395 e. The van der Waals surface area contributed by atoms with Crippen LogP contribution in [0.1, 0.15) is 6.42 Å². The number of hydrogen-bond donors (Lipinski definition) is 1. The van der Waals surface area contributed by atoms with Gasteiger partial charge in [-0.2, -0.15) is 0 Å². The first-order valence-corrected chi connectivity index (χ1v) is 6.73. The Morgan fingerprint density at radius 1 is 1.17 bits per heavy atom. The van der Waals surface area contributed by atoms with Crippen molar-refractivity contribution in [2.75, 3.05) is 44.2 Å². The van der Waals surface area contributed by atoms with Gasteiger partial charge >= 0.3 is 0 Å². The lowest BCUT2D eigenvalue weighted by molar-refractivity contribution is 0.204. The number of aromatic nitrogens is 2. The van der Waals surface area contributed by atoms with Crippen molar-refractivity contribution < 1.29 is 5.11 Å².